The maximum atomic E-state index is 11.8. The number of benzene rings is 2. The van der Waals surface area contributed by atoms with Gasteiger partial charge in [0.15, 0.2) is 11.5 Å². The van der Waals surface area contributed by atoms with Crippen molar-refractivity contribution >= 4 is 62.9 Å². The van der Waals surface area contributed by atoms with Crippen LogP contribution < -0.4 is 19.5 Å². The van der Waals surface area contributed by atoms with Crippen molar-refractivity contribution in [3.63, 3.8) is 0 Å². The van der Waals surface area contributed by atoms with E-state index >= 15 is 0 Å². The molecule has 1 aliphatic heterocycles. The summed E-state index contributed by atoms with van der Waals surface area (Å²) in [4.78, 5) is 12.4. The highest BCUT2D eigenvalue weighted by Crippen LogP contribution is 2.36. The van der Waals surface area contributed by atoms with Gasteiger partial charge in [-0.1, -0.05) is 41.7 Å². The molecule has 1 N–H and O–H groups in total. The zero-order valence-electron chi connectivity index (χ0n) is 15.3. The van der Waals surface area contributed by atoms with Gasteiger partial charge in [0.1, 0.15) is 23.3 Å². The van der Waals surface area contributed by atoms with Gasteiger partial charge in [-0.3, -0.25) is 4.79 Å². The van der Waals surface area contributed by atoms with Crippen molar-refractivity contribution in [2.75, 3.05) is 20.3 Å². The summed E-state index contributed by atoms with van der Waals surface area (Å²) in [6, 6.07) is 11.6. The highest BCUT2D eigenvalue weighted by molar-refractivity contribution is 14.1. The van der Waals surface area contributed by atoms with Gasteiger partial charge in [0.05, 0.1) is 15.6 Å². The van der Waals surface area contributed by atoms with Crippen LogP contribution in [-0.4, -0.2) is 30.6 Å². The van der Waals surface area contributed by atoms with Crippen molar-refractivity contribution in [2.24, 2.45) is 0 Å². The van der Waals surface area contributed by atoms with Gasteiger partial charge in [0.25, 0.3) is 5.91 Å². The number of thiocarbonyl (C=S) groups is 1. The zero-order valence-corrected chi connectivity index (χ0v) is 19.1. The molecule has 0 spiro atoms. The Bertz CT molecular complexity index is 929. The number of amides is 1. The lowest BCUT2D eigenvalue weighted by Gasteiger charge is -2.14. The van der Waals surface area contributed by atoms with Crippen LogP contribution in [0, 0.1) is 10.5 Å². The first-order valence-corrected chi connectivity index (χ1v) is 10.7. The highest BCUT2D eigenvalue weighted by Gasteiger charge is 2.22. The largest absolute Gasteiger partial charge is 0.493 e. The minimum absolute atomic E-state index is 0.183. The van der Waals surface area contributed by atoms with Crippen molar-refractivity contribution in [1.29, 1.82) is 0 Å². The molecule has 8 heteroatoms. The van der Waals surface area contributed by atoms with E-state index in [1.807, 2.05) is 43.3 Å². The fraction of sp³-hybridized carbons (Fsp3) is 0.200. The summed E-state index contributed by atoms with van der Waals surface area (Å²) in [6.07, 6.45) is 1.79. The molecule has 1 aliphatic rings. The molecule has 28 heavy (non-hydrogen) atoms. The van der Waals surface area contributed by atoms with E-state index in [1.54, 1.807) is 13.2 Å². The standard InChI is InChI=1S/C20H18INO4S2/c1-12-3-5-14(6-4-12)25-7-8-26-18-15(21)9-13(10-16(18)24-2)11-17-19(23)22-20(27)28-17/h3-6,9-11H,7-8H2,1-2H3,(H,22,23,27)/b17-11-. The molecule has 2 aromatic rings. The minimum atomic E-state index is -0.183. The first kappa shape index (κ1) is 20.9. The first-order chi connectivity index (χ1) is 13.5. The predicted octanol–water partition coefficient (Wildman–Crippen LogP) is 4.55. The lowest BCUT2D eigenvalue weighted by atomic mass is 10.2. The van der Waals surface area contributed by atoms with Crippen LogP contribution in [0.5, 0.6) is 17.2 Å². The van der Waals surface area contributed by atoms with Gasteiger partial charge < -0.3 is 19.5 Å². The van der Waals surface area contributed by atoms with Gasteiger partial charge in [0, 0.05) is 0 Å². The second-order valence-corrected chi connectivity index (χ2v) is 8.78. The average molecular weight is 527 g/mol. The Kier molecular flexibility index (Phi) is 7.19. The third-order valence-corrected chi connectivity index (χ3v) is 5.77. The van der Waals surface area contributed by atoms with E-state index in [4.69, 9.17) is 26.4 Å². The van der Waals surface area contributed by atoms with Crippen molar-refractivity contribution in [3.8, 4) is 17.2 Å². The molecule has 0 saturated carbocycles. The summed E-state index contributed by atoms with van der Waals surface area (Å²) in [5.41, 5.74) is 2.03. The van der Waals surface area contributed by atoms with Crippen molar-refractivity contribution in [1.82, 2.24) is 5.32 Å². The van der Waals surface area contributed by atoms with Crippen LogP contribution in [0.4, 0.5) is 0 Å². The number of carbonyl (C=O) groups excluding carboxylic acids is 1. The van der Waals surface area contributed by atoms with Crippen molar-refractivity contribution < 1.29 is 19.0 Å². The summed E-state index contributed by atoms with van der Waals surface area (Å²) in [7, 11) is 1.59. The maximum absolute atomic E-state index is 11.8. The molecule has 2 aromatic carbocycles. The van der Waals surface area contributed by atoms with E-state index < -0.39 is 0 Å². The molecule has 1 fully saturated rings. The number of rotatable bonds is 7. The summed E-state index contributed by atoms with van der Waals surface area (Å²) < 4.78 is 18.4. The number of nitrogens with one attached hydrogen (secondary N) is 1. The van der Waals surface area contributed by atoms with Gasteiger partial charge in [-0.2, -0.15) is 0 Å². The molecule has 0 radical (unpaired) electrons. The quantitative estimate of drug-likeness (QED) is 0.247. The van der Waals surface area contributed by atoms with E-state index in [-0.39, 0.29) is 5.91 Å². The predicted molar refractivity (Wildman–Crippen MR) is 124 cm³/mol. The number of aryl methyl sites for hydroxylation is 1. The molecule has 0 aromatic heterocycles. The Morgan fingerprint density at radius 3 is 2.54 bits per heavy atom. The Morgan fingerprint density at radius 1 is 1.18 bits per heavy atom. The fourth-order valence-corrected chi connectivity index (χ4v) is 4.30. The number of carbonyl (C=O) groups is 1. The molecule has 0 bridgehead atoms. The van der Waals surface area contributed by atoms with Crippen LogP contribution >= 0.6 is 46.6 Å². The molecular weight excluding hydrogens is 509 g/mol. The summed E-state index contributed by atoms with van der Waals surface area (Å²) in [5.74, 6) is 1.87. The van der Waals surface area contributed by atoms with E-state index in [9.17, 15) is 4.79 Å². The van der Waals surface area contributed by atoms with Gasteiger partial charge in [0.2, 0.25) is 0 Å². The lowest BCUT2D eigenvalue weighted by molar-refractivity contribution is -0.115. The first-order valence-electron chi connectivity index (χ1n) is 8.41. The van der Waals surface area contributed by atoms with Crippen LogP contribution in [0.3, 0.4) is 0 Å². The number of thioether (sulfide) groups is 1. The number of halogens is 1. The molecule has 5 nitrogen and oxygen atoms in total. The highest BCUT2D eigenvalue weighted by atomic mass is 127. The SMILES string of the molecule is COc1cc(/C=C2\SC(=S)NC2=O)cc(I)c1OCCOc1ccc(C)cc1. The topological polar surface area (TPSA) is 56.8 Å². The number of methoxy groups -OCH3 is 1. The summed E-state index contributed by atoms with van der Waals surface area (Å²) in [5, 5.41) is 2.61. The molecule has 1 amide bonds. The zero-order chi connectivity index (χ0) is 20.1. The van der Waals surface area contributed by atoms with E-state index in [1.165, 1.54) is 17.3 Å². The fourth-order valence-electron chi connectivity index (χ4n) is 2.47. The maximum Gasteiger partial charge on any atom is 0.263 e. The Balaban J connectivity index is 1.66. The molecule has 0 unspecified atom stereocenters. The number of ether oxygens (including phenoxy) is 3. The smallest absolute Gasteiger partial charge is 0.263 e. The third-order valence-electron chi connectivity index (χ3n) is 3.81. The third kappa shape index (κ3) is 5.39. The molecular formula is C20H18INO4S2. The van der Waals surface area contributed by atoms with Crippen LogP contribution in [0.15, 0.2) is 41.3 Å². The number of hydrogen-bond donors (Lipinski definition) is 1. The Hall–Kier alpha value is -1.78. The van der Waals surface area contributed by atoms with Crippen LogP contribution in [0.2, 0.25) is 0 Å². The summed E-state index contributed by atoms with van der Waals surface area (Å²) in [6.45, 7) is 2.84. The second-order valence-electron chi connectivity index (χ2n) is 5.90. The van der Waals surface area contributed by atoms with E-state index in [0.29, 0.717) is 33.9 Å². The molecule has 1 heterocycles. The van der Waals surface area contributed by atoms with Gasteiger partial charge >= 0.3 is 0 Å². The van der Waals surface area contributed by atoms with Gasteiger partial charge in [-0.05, 0) is 65.4 Å². The second kappa shape index (κ2) is 9.62. The monoisotopic (exact) mass is 527 g/mol. The summed E-state index contributed by atoms with van der Waals surface area (Å²) >= 11 is 8.46. The normalized spacial score (nSPS) is 14.9. The molecule has 0 aliphatic carbocycles. The minimum Gasteiger partial charge on any atom is -0.493 e. The van der Waals surface area contributed by atoms with Gasteiger partial charge in [-0.15, -0.1) is 0 Å². The van der Waals surface area contributed by atoms with Crippen LogP contribution in [0.1, 0.15) is 11.1 Å². The van der Waals surface area contributed by atoms with Crippen LogP contribution in [0.25, 0.3) is 6.08 Å². The van der Waals surface area contributed by atoms with E-state index in [0.717, 1.165) is 14.9 Å². The van der Waals surface area contributed by atoms with Gasteiger partial charge in [-0.25, -0.2) is 0 Å². The Labute approximate surface area is 187 Å². The lowest BCUT2D eigenvalue weighted by Crippen LogP contribution is -2.17. The van der Waals surface area contributed by atoms with Crippen molar-refractivity contribution in [3.05, 3.63) is 56.0 Å². The number of hydrogen-bond acceptors (Lipinski definition) is 6. The van der Waals surface area contributed by atoms with Crippen LogP contribution in [-0.2, 0) is 4.79 Å². The van der Waals surface area contributed by atoms with Crippen molar-refractivity contribution in [2.45, 2.75) is 6.92 Å². The Morgan fingerprint density at radius 2 is 1.89 bits per heavy atom. The van der Waals surface area contributed by atoms with E-state index in [2.05, 4.69) is 27.9 Å². The molecule has 0 atom stereocenters. The average Bonchev–Trinajstić information content (AvgIpc) is 2.98. The molecule has 3 rings (SSSR count). The molecule has 146 valence electrons. The molecule has 1 saturated heterocycles.